The number of nitrogens with zero attached hydrogens (tertiary/aromatic N) is 1. The molecule has 0 unspecified atom stereocenters. The Balaban J connectivity index is 1.74. The molecule has 1 heterocycles. The van der Waals surface area contributed by atoms with E-state index in [-0.39, 0.29) is 11.3 Å². The summed E-state index contributed by atoms with van der Waals surface area (Å²) in [7, 11) is 0. The summed E-state index contributed by atoms with van der Waals surface area (Å²) in [5.74, 6) is 1.60. The Bertz CT molecular complexity index is 679. The molecule has 0 fully saturated rings. The molecule has 0 radical (unpaired) electrons. The van der Waals surface area contributed by atoms with Crippen molar-refractivity contribution in [3.8, 4) is 0 Å². The summed E-state index contributed by atoms with van der Waals surface area (Å²) in [6, 6.07) is 8.55. The second kappa shape index (κ2) is 7.65. The lowest BCUT2D eigenvalue weighted by Gasteiger charge is -2.19. The first-order valence-corrected chi connectivity index (χ1v) is 8.55. The average molecular weight is 328 g/mol. The molecule has 2 aromatic rings. The van der Waals surface area contributed by atoms with Gasteiger partial charge in [-0.1, -0.05) is 45.0 Å². The van der Waals surface area contributed by atoms with Crippen molar-refractivity contribution in [2.45, 2.75) is 59.3 Å². The molecule has 0 aliphatic carbocycles. The number of oxazole rings is 1. The number of hydrogen-bond donors (Lipinski definition) is 1. The van der Waals surface area contributed by atoms with E-state index in [1.54, 1.807) is 0 Å². The third-order valence-electron chi connectivity index (χ3n) is 4.13. The van der Waals surface area contributed by atoms with Crippen LogP contribution in [0.3, 0.4) is 0 Å². The molecule has 0 spiro atoms. The van der Waals surface area contributed by atoms with Crippen molar-refractivity contribution in [2.75, 3.05) is 6.54 Å². The van der Waals surface area contributed by atoms with E-state index in [1.165, 1.54) is 11.1 Å². The van der Waals surface area contributed by atoms with Gasteiger partial charge in [-0.3, -0.25) is 4.79 Å². The van der Waals surface area contributed by atoms with Crippen LogP contribution < -0.4 is 5.32 Å². The first kappa shape index (κ1) is 18.2. The zero-order chi connectivity index (χ0) is 17.7. The van der Waals surface area contributed by atoms with Gasteiger partial charge in [0, 0.05) is 26.3 Å². The highest BCUT2D eigenvalue weighted by molar-refractivity contribution is 5.76. The monoisotopic (exact) mass is 328 g/mol. The van der Waals surface area contributed by atoms with Crippen LogP contribution in [-0.4, -0.2) is 17.4 Å². The number of carbonyl (C=O) groups excluding carboxylic acids is 1. The summed E-state index contributed by atoms with van der Waals surface area (Å²) in [6.45, 7) is 10.9. The topological polar surface area (TPSA) is 55.1 Å². The molecular weight excluding hydrogens is 300 g/mol. The smallest absolute Gasteiger partial charge is 0.220 e. The predicted molar refractivity (Wildman–Crippen MR) is 96.2 cm³/mol. The summed E-state index contributed by atoms with van der Waals surface area (Å²) in [4.78, 5) is 16.2. The molecule has 4 heteroatoms. The molecular formula is C20H28N2O2. The summed E-state index contributed by atoms with van der Waals surface area (Å²) < 4.78 is 5.50. The third kappa shape index (κ3) is 5.22. The van der Waals surface area contributed by atoms with Crippen LogP contribution >= 0.6 is 0 Å². The van der Waals surface area contributed by atoms with Gasteiger partial charge in [-0.2, -0.15) is 0 Å². The van der Waals surface area contributed by atoms with Crippen LogP contribution in [0.2, 0.25) is 0 Å². The van der Waals surface area contributed by atoms with Crippen molar-refractivity contribution in [3.63, 3.8) is 0 Å². The highest BCUT2D eigenvalue weighted by atomic mass is 16.4. The highest BCUT2D eigenvalue weighted by Crippen LogP contribution is 2.22. The fourth-order valence-electron chi connectivity index (χ4n) is 2.64. The summed E-state index contributed by atoms with van der Waals surface area (Å²) in [6.07, 6.45) is 1.94. The van der Waals surface area contributed by atoms with Gasteiger partial charge in [0.25, 0.3) is 0 Å². The Morgan fingerprint density at radius 3 is 2.33 bits per heavy atom. The number of aryl methyl sites for hydroxylation is 3. The van der Waals surface area contributed by atoms with E-state index in [2.05, 4.69) is 55.3 Å². The van der Waals surface area contributed by atoms with E-state index in [9.17, 15) is 4.79 Å². The van der Waals surface area contributed by atoms with Gasteiger partial charge in [0.1, 0.15) is 5.76 Å². The van der Waals surface area contributed by atoms with Crippen LogP contribution in [0.15, 0.2) is 28.7 Å². The zero-order valence-electron chi connectivity index (χ0n) is 15.4. The number of amides is 1. The zero-order valence-corrected chi connectivity index (χ0v) is 15.4. The molecule has 1 aromatic heterocycles. The van der Waals surface area contributed by atoms with Crippen LogP contribution in [0.4, 0.5) is 0 Å². The minimum absolute atomic E-state index is 0.0730. The van der Waals surface area contributed by atoms with Crippen LogP contribution in [0.5, 0.6) is 0 Å². The van der Waals surface area contributed by atoms with E-state index < -0.39 is 0 Å². The molecule has 2 rings (SSSR count). The van der Waals surface area contributed by atoms with Crippen molar-refractivity contribution in [1.82, 2.24) is 10.3 Å². The standard InChI is InChI=1S/C20H28N2O2/c1-14-18(24-15(2)22-14)12-13-21-19(23)11-8-16-6-9-17(10-7-16)20(3,4)5/h6-7,9-10H,8,11-13H2,1-5H3,(H,21,23). The van der Waals surface area contributed by atoms with Crippen molar-refractivity contribution >= 4 is 5.91 Å². The van der Waals surface area contributed by atoms with Crippen LogP contribution in [-0.2, 0) is 23.1 Å². The Morgan fingerprint density at radius 1 is 1.12 bits per heavy atom. The van der Waals surface area contributed by atoms with Gasteiger partial charge in [-0.25, -0.2) is 4.98 Å². The molecule has 0 saturated carbocycles. The molecule has 1 aromatic carbocycles. The van der Waals surface area contributed by atoms with Gasteiger partial charge in [0.05, 0.1) is 5.69 Å². The van der Waals surface area contributed by atoms with E-state index >= 15 is 0 Å². The molecule has 0 aliphatic heterocycles. The average Bonchev–Trinajstić information content (AvgIpc) is 2.82. The minimum Gasteiger partial charge on any atom is -0.446 e. The Labute approximate surface area is 144 Å². The van der Waals surface area contributed by atoms with Crippen molar-refractivity contribution in [3.05, 3.63) is 52.7 Å². The highest BCUT2D eigenvalue weighted by Gasteiger charge is 2.13. The fraction of sp³-hybridized carbons (Fsp3) is 0.500. The van der Waals surface area contributed by atoms with Crippen LogP contribution in [0.1, 0.15) is 55.7 Å². The van der Waals surface area contributed by atoms with E-state index in [0.29, 0.717) is 25.3 Å². The summed E-state index contributed by atoms with van der Waals surface area (Å²) >= 11 is 0. The first-order valence-electron chi connectivity index (χ1n) is 8.55. The van der Waals surface area contributed by atoms with Gasteiger partial charge < -0.3 is 9.73 Å². The molecule has 0 aliphatic rings. The molecule has 0 atom stereocenters. The molecule has 0 saturated heterocycles. The van der Waals surface area contributed by atoms with Crippen molar-refractivity contribution in [2.24, 2.45) is 0 Å². The van der Waals surface area contributed by atoms with Gasteiger partial charge in [-0.05, 0) is 29.9 Å². The maximum atomic E-state index is 12.0. The maximum absolute atomic E-state index is 12.0. The van der Waals surface area contributed by atoms with Crippen molar-refractivity contribution in [1.29, 1.82) is 0 Å². The summed E-state index contributed by atoms with van der Waals surface area (Å²) in [5.41, 5.74) is 3.57. The Morgan fingerprint density at radius 2 is 1.79 bits per heavy atom. The van der Waals surface area contributed by atoms with Gasteiger partial charge in [0.15, 0.2) is 5.89 Å². The van der Waals surface area contributed by atoms with E-state index in [1.807, 2.05) is 13.8 Å². The lowest BCUT2D eigenvalue weighted by Crippen LogP contribution is -2.25. The largest absolute Gasteiger partial charge is 0.446 e. The molecule has 4 nitrogen and oxygen atoms in total. The SMILES string of the molecule is Cc1nc(C)c(CCNC(=O)CCc2ccc(C(C)(C)C)cc2)o1. The van der Waals surface area contributed by atoms with Gasteiger partial charge in [-0.15, -0.1) is 0 Å². The van der Waals surface area contributed by atoms with Crippen LogP contribution in [0.25, 0.3) is 0 Å². The van der Waals surface area contributed by atoms with Gasteiger partial charge in [0.2, 0.25) is 5.91 Å². The second-order valence-electron chi connectivity index (χ2n) is 7.29. The third-order valence-corrected chi connectivity index (χ3v) is 4.13. The summed E-state index contributed by atoms with van der Waals surface area (Å²) in [5, 5.41) is 2.95. The van der Waals surface area contributed by atoms with E-state index in [0.717, 1.165) is 17.9 Å². The Hall–Kier alpha value is -2.10. The number of carbonyl (C=O) groups is 1. The molecule has 0 bridgehead atoms. The second-order valence-corrected chi connectivity index (χ2v) is 7.29. The molecule has 1 amide bonds. The number of aromatic nitrogens is 1. The Kier molecular flexibility index (Phi) is 5.81. The minimum atomic E-state index is 0.0730. The molecule has 130 valence electrons. The lowest BCUT2D eigenvalue weighted by atomic mass is 9.86. The number of benzene rings is 1. The number of hydrogen-bond acceptors (Lipinski definition) is 3. The van der Waals surface area contributed by atoms with Crippen molar-refractivity contribution < 1.29 is 9.21 Å². The normalized spacial score (nSPS) is 11.5. The number of nitrogens with one attached hydrogen (secondary N) is 1. The molecule has 1 N–H and O–H groups in total. The predicted octanol–water partition coefficient (Wildman–Crippen LogP) is 3.88. The fourth-order valence-corrected chi connectivity index (χ4v) is 2.64. The van der Waals surface area contributed by atoms with E-state index in [4.69, 9.17) is 4.42 Å². The van der Waals surface area contributed by atoms with Gasteiger partial charge >= 0.3 is 0 Å². The maximum Gasteiger partial charge on any atom is 0.220 e. The van der Waals surface area contributed by atoms with Crippen LogP contribution in [0, 0.1) is 13.8 Å². The number of rotatable bonds is 6. The molecule has 24 heavy (non-hydrogen) atoms. The lowest BCUT2D eigenvalue weighted by molar-refractivity contribution is -0.121. The quantitative estimate of drug-likeness (QED) is 0.875. The first-order chi connectivity index (χ1) is 11.3.